The number of pyridine rings is 1. The largest absolute Gasteiger partial charge is 0.457 e. The van der Waals surface area contributed by atoms with Crippen molar-refractivity contribution in [1.29, 1.82) is 0 Å². The molecule has 1 aliphatic carbocycles. The average Bonchev–Trinajstić information content (AvgIpc) is 3.89. The molecule has 0 atom stereocenters. The molecule has 1 aliphatic heterocycles. The topological polar surface area (TPSA) is 40.6 Å². The normalized spacial score (nSPS) is 15.6. The van der Waals surface area contributed by atoms with Gasteiger partial charge in [0.25, 0.3) is 0 Å². The average molecular weight is 1060 g/mol. The maximum Gasteiger partial charge on any atom is 0.130 e. The molecule has 2 heterocycles. The van der Waals surface area contributed by atoms with Crippen molar-refractivity contribution in [2.45, 2.75) is 137 Å². The maximum atomic E-state index is 8.72. The van der Waals surface area contributed by atoms with E-state index in [1.54, 1.807) is 6.07 Å². The van der Waals surface area contributed by atoms with Gasteiger partial charge >= 0.3 is 0 Å². The molecule has 0 spiro atoms. The number of hydrogen-bond acceptors (Lipinski definition) is 5. The van der Waals surface area contributed by atoms with Crippen molar-refractivity contribution in [3.05, 3.63) is 222 Å². The molecule has 1 aromatic heterocycles. The van der Waals surface area contributed by atoms with Gasteiger partial charge in [0.2, 0.25) is 0 Å². The Morgan fingerprint density at radius 1 is 0.512 bits per heavy atom. The molecule has 2 aliphatic rings. The van der Waals surface area contributed by atoms with Crippen LogP contribution in [0.3, 0.4) is 0 Å². The van der Waals surface area contributed by atoms with Crippen LogP contribution in [-0.2, 0) is 27.1 Å². The number of aryl methyl sites for hydroxylation is 1. The molecule has 5 heteroatoms. The van der Waals surface area contributed by atoms with Gasteiger partial charge in [-0.15, -0.1) is 0 Å². The molecule has 0 radical (unpaired) electrons. The molecule has 8 aromatic carbocycles. The lowest BCUT2D eigenvalue weighted by Gasteiger charge is -2.43. The van der Waals surface area contributed by atoms with Crippen LogP contribution >= 0.6 is 0 Å². The molecule has 0 bridgehead atoms. The lowest BCUT2D eigenvalue weighted by atomic mass is 9.61. The summed E-state index contributed by atoms with van der Waals surface area (Å²) >= 11 is 0. The van der Waals surface area contributed by atoms with E-state index in [1.165, 1.54) is 50.1 Å². The van der Waals surface area contributed by atoms with Crippen molar-refractivity contribution >= 4 is 34.3 Å². The first-order valence-electron chi connectivity index (χ1n) is 30.1. The van der Waals surface area contributed by atoms with Gasteiger partial charge in [-0.1, -0.05) is 217 Å². The van der Waals surface area contributed by atoms with E-state index < -0.39 is 6.85 Å². The highest BCUT2D eigenvalue weighted by molar-refractivity contribution is 5.99. The van der Waals surface area contributed by atoms with Gasteiger partial charge in [0.05, 0.1) is 17.1 Å². The molecule has 80 heavy (non-hydrogen) atoms. The maximum absolute atomic E-state index is 8.72. The molecule has 0 saturated heterocycles. The van der Waals surface area contributed by atoms with Gasteiger partial charge in [-0.2, -0.15) is 0 Å². The van der Waals surface area contributed by atoms with Crippen LogP contribution in [-0.4, -0.2) is 11.7 Å². The third-order valence-electron chi connectivity index (χ3n) is 16.8. The van der Waals surface area contributed by atoms with Gasteiger partial charge in [0, 0.05) is 50.0 Å². The highest BCUT2D eigenvalue weighted by Gasteiger charge is 2.40. The van der Waals surface area contributed by atoms with Crippen LogP contribution in [0.1, 0.15) is 140 Å². The van der Waals surface area contributed by atoms with E-state index in [-0.39, 0.29) is 32.6 Å². The third kappa shape index (κ3) is 10.4. The molecule has 406 valence electrons. The monoisotopic (exact) mass is 1060 g/mol. The smallest absolute Gasteiger partial charge is 0.130 e. The van der Waals surface area contributed by atoms with Crippen LogP contribution in [0.25, 0.3) is 44.5 Å². The fourth-order valence-electron chi connectivity index (χ4n) is 12.2. The Bertz CT molecular complexity index is 3860. The summed E-state index contributed by atoms with van der Waals surface area (Å²) in [6, 6.07) is 63.8. The van der Waals surface area contributed by atoms with Crippen molar-refractivity contribution in [2.24, 2.45) is 0 Å². The second-order valence-electron chi connectivity index (χ2n) is 26.7. The molecule has 0 fully saturated rings. The van der Waals surface area contributed by atoms with Crippen molar-refractivity contribution < 1.29 is 8.85 Å². The number of benzene rings is 8. The lowest BCUT2D eigenvalue weighted by Crippen LogP contribution is -2.34. The van der Waals surface area contributed by atoms with E-state index in [0.29, 0.717) is 35.2 Å². The standard InChI is InChI=1S/C75H80N4O/c1-49-24-20-33-64(77-67-46-63(73(8,9)10)61(47-76-67)60-31-23-32-62-69(60)75(13,14)41-40-74(62,11)12)68(49)51-36-38-56(39-37-51)80-57-28-21-27-55(45-57)78-48-79(66-35-19-18-34-65(66)78)70-58(50-25-16-15-17-26-50)29-22-30-59(70)52-42-53(71(2,3)4)44-54(43-52)72(5,6)7/h15-39,42-47H,40-41,48H2,1-14H3,(H,76,77)/i1D3. The van der Waals surface area contributed by atoms with Gasteiger partial charge in [-0.3, -0.25) is 0 Å². The van der Waals surface area contributed by atoms with E-state index in [2.05, 4.69) is 233 Å². The second kappa shape index (κ2) is 20.3. The molecule has 1 N–H and O–H groups in total. The van der Waals surface area contributed by atoms with Crippen LogP contribution in [0.15, 0.2) is 188 Å². The quantitative estimate of drug-likeness (QED) is 0.148. The van der Waals surface area contributed by atoms with Crippen molar-refractivity contribution in [2.75, 3.05) is 21.8 Å². The van der Waals surface area contributed by atoms with Crippen LogP contribution in [0.5, 0.6) is 11.5 Å². The number of nitrogens with zero attached hydrogens (tertiary/aromatic N) is 3. The Hall–Kier alpha value is -7.89. The molecule has 11 rings (SSSR count). The number of para-hydroxylation sites is 3. The summed E-state index contributed by atoms with van der Waals surface area (Å²) in [5, 5.41) is 3.61. The number of nitrogens with one attached hydrogen (secondary N) is 1. The van der Waals surface area contributed by atoms with E-state index in [9.17, 15) is 0 Å². The van der Waals surface area contributed by atoms with Gasteiger partial charge in [0.1, 0.15) is 24.0 Å². The highest BCUT2D eigenvalue weighted by Crippen LogP contribution is 2.53. The zero-order valence-corrected chi connectivity index (χ0v) is 49.3. The molecule has 0 saturated carbocycles. The van der Waals surface area contributed by atoms with Gasteiger partial charge in [-0.25, -0.2) is 4.98 Å². The Kier molecular flexibility index (Phi) is 12.8. The van der Waals surface area contributed by atoms with Gasteiger partial charge < -0.3 is 19.9 Å². The van der Waals surface area contributed by atoms with E-state index in [4.69, 9.17) is 13.8 Å². The summed E-state index contributed by atoms with van der Waals surface area (Å²) in [5.41, 5.74) is 20.1. The number of anilines is 6. The minimum absolute atomic E-state index is 0.00618. The number of hydrogen-bond donors (Lipinski definition) is 1. The summed E-state index contributed by atoms with van der Waals surface area (Å²) < 4.78 is 32.9. The summed E-state index contributed by atoms with van der Waals surface area (Å²) in [4.78, 5) is 9.93. The predicted octanol–water partition coefficient (Wildman–Crippen LogP) is 21.1. The van der Waals surface area contributed by atoms with Crippen LogP contribution in [0.4, 0.5) is 34.3 Å². The second-order valence-corrected chi connectivity index (χ2v) is 26.7. The summed E-state index contributed by atoms with van der Waals surface area (Å²) in [5.74, 6) is 1.96. The zero-order valence-electron chi connectivity index (χ0n) is 52.3. The Morgan fingerprint density at radius 2 is 1.12 bits per heavy atom. The fraction of sp³-hybridized carbons (Fsp3) is 0.293. The molecule has 5 nitrogen and oxygen atoms in total. The van der Waals surface area contributed by atoms with E-state index in [1.807, 2.05) is 54.7 Å². The lowest BCUT2D eigenvalue weighted by molar-refractivity contribution is 0.332. The Labute approximate surface area is 482 Å². The van der Waals surface area contributed by atoms with Crippen LogP contribution in [0.2, 0.25) is 0 Å². The Balaban J connectivity index is 0.911. The molecular weight excluding hydrogens is 973 g/mol. The number of rotatable bonds is 10. The number of aromatic nitrogens is 1. The van der Waals surface area contributed by atoms with Crippen LogP contribution < -0.4 is 19.9 Å². The third-order valence-corrected chi connectivity index (χ3v) is 16.8. The summed E-state index contributed by atoms with van der Waals surface area (Å²) in [6.45, 7) is 28.2. The van der Waals surface area contributed by atoms with Crippen molar-refractivity contribution in [3.8, 4) is 56.0 Å². The summed E-state index contributed by atoms with van der Waals surface area (Å²) in [6.07, 6.45) is 4.26. The van der Waals surface area contributed by atoms with Crippen LogP contribution in [0, 0.1) is 6.85 Å². The number of fused-ring (bicyclic) bond motifs is 2. The zero-order chi connectivity index (χ0) is 59.0. The SMILES string of the molecule is [2H]C([2H])([2H])c1cccc(Nc2cc(C(C)(C)C)c(-c3cccc4c3C(C)(C)CCC4(C)C)cn2)c1-c1ccc(Oc2cccc(N3CN(c4c(-c5ccccc5)cccc4-c4cc(C(C)(C)C)cc(C(C)(C)C)c4)c4ccccc43)c2)cc1. The predicted molar refractivity (Wildman–Crippen MR) is 340 cm³/mol. The van der Waals surface area contributed by atoms with E-state index in [0.717, 1.165) is 52.3 Å². The molecule has 0 amide bonds. The first kappa shape index (κ1) is 50.3. The van der Waals surface area contributed by atoms with Gasteiger partial charge in [0.15, 0.2) is 0 Å². The first-order chi connectivity index (χ1) is 39.2. The highest BCUT2D eigenvalue weighted by atomic mass is 16.5. The molecular formula is C75H80N4O. The minimum Gasteiger partial charge on any atom is -0.457 e. The van der Waals surface area contributed by atoms with Crippen molar-refractivity contribution in [3.63, 3.8) is 0 Å². The van der Waals surface area contributed by atoms with Gasteiger partial charge in [-0.05, 0) is 151 Å². The number of ether oxygens (including phenoxy) is 1. The molecule has 9 aromatic rings. The summed E-state index contributed by atoms with van der Waals surface area (Å²) in [7, 11) is 0. The fourth-order valence-corrected chi connectivity index (χ4v) is 12.2. The molecule has 0 unspecified atom stereocenters. The Morgan fingerprint density at radius 3 is 1.80 bits per heavy atom. The van der Waals surface area contributed by atoms with E-state index >= 15 is 0 Å². The van der Waals surface area contributed by atoms with Crippen molar-refractivity contribution in [1.82, 2.24) is 4.98 Å². The minimum atomic E-state index is -2.38. The first-order valence-corrected chi connectivity index (χ1v) is 28.6.